The van der Waals surface area contributed by atoms with E-state index in [0.717, 1.165) is 39.7 Å². The van der Waals surface area contributed by atoms with Crippen LogP contribution in [0.2, 0.25) is 0 Å². The molecule has 1 unspecified atom stereocenters. The third kappa shape index (κ3) is 5.06. The van der Waals surface area contributed by atoms with Gasteiger partial charge in [-0.1, -0.05) is 24.3 Å². The fourth-order valence-corrected chi connectivity index (χ4v) is 10.6. The highest BCUT2D eigenvalue weighted by Crippen LogP contribution is 2.62. The van der Waals surface area contributed by atoms with Crippen molar-refractivity contribution in [2.24, 2.45) is 0 Å². The average molecular weight is 743 g/mol. The van der Waals surface area contributed by atoms with E-state index in [-0.39, 0.29) is 19.1 Å². The molecule has 0 radical (unpaired) electrons. The number of esters is 2. The normalized spacial score (nSPS) is 26.6. The molecule has 2 bridgehead atoms. The van der Waals surface area contributed by atoms with Crippen LogP contribution in [-0.4, -0.2) is 83.7 Å². The number of aliphatic hydroxyl groups excluding tert-OH is 1. The summed E-state index contributed by atoms with van der Waals surface area (Å²) in [4.78, 5) is 32.3. The van der Waals surface area contributed by atoms with Gasteiger partial charge in [-0.2, -0.15) is 11.8 Å². The number of phenolic OH excluding ortho intramolecular Hbond substituents is 1. The van der Waals surface area contributed by atoms with E-state index in [1.165, 1.54) is 25.8 Å². The molecule has 278 valence electrons. The maximum Gasteiger partial charge on any atom is 0.329 e. The number of methoxy groups -OCH3 is 1. The lowest BCUT2D eigenvalue weighted by Crippen LogP contribution is -2.69. The van der Waals surface area contributed by atoms with E-state index in [1.54, 1.807) is 0 Å². The molecule has 4 aromatic rings. The van der Waals surface area contributed by atoms with E-state index in [0.29, 0.717) is 58.2 Å². The second-order valence-electron chi connectivity index (χ2n) is 14.4. The summed E-state index contributed by atoms with van der Waals surface area (Å²) in [6.45, 7) is 5.49. The van der Waals surface area contributed by atoms with Crippen molar-refractivity contribution in [3.8, 4) is 28.7 Å². The van der Waals surface area contributed by atoms with Crippen molar-refractivity contribution in [2.45, 2.75) is 75.3 Å². The highest BCUT2D eigenvalue weighted by atomic mass is 32.2. The maximum absolute atomic E-state index is 14.2. The quantitative estimate of drug-likeness (QED) is 0.141. The van der Waals surface area contributed by atoms with Crippen molar-refractivity contribution >= 4 is 34.6 Å². The third-order valence-corrected chi connectivity index (χ3v) is 12.6. The first-order valence-corrected chi connectivity index (χ1v) is 19.2. The van der Waals surface area contributed by atoms with Gasteiger partial charge < -0.3 is 44.2 Å². The first-order valence-electron chi connectivity index (χ1n) is 17.9. The number of H-pyrrole nitrogens is 1. The van der Waals surface area contributed by atoms with E-state index in [9.17, 15) is 19.8 Å². The molecule has 0 aliphatic carbocycles. The lowest BCUT2D eigenvalue weighted by molar-refractivity contribution is -0.160. The molecule has 14 heteroatoms. The smallest absolute Gasteiger partial charge is 0.329 e. The molecule has 7 atom stereocenters. The van der Waals surface area contributed by atoms with Crippen molar-refractivity contribution in [1.29, 1.82) is 0 Å². The Morgan fingerprint density at radius 2 is 1.89 bits per heavy atom. The molecule has 0 amide bonds. The number of aryl methyl sites for hydroxylation is 1. The number of aromatic hydroxyl groups is 1. The van der Waals surface area contributed by atoms with E-state index >= 15 is 0 Å². The molecular weight excluding hydrogens is 701 g/mol. The summed E-state index contributed by atoms with van der Waals surface area (Å²) in [6, 6.07) is 7.11. The molecule has 1 fully saturated rings. The predicted octanol–water partition coefficient (Wildman–Crippen LogP) is 4.30. The number of phenols is 1. The molecule has 5 N–H and O–H groups in total. The van der Waals surface area contributed by atoms with Crippen molar-refractivity contribution in [3.05, 3.63) is 75.0 Å². The Hall–Kier alpha value is -4.47. The van der Waals surface area contributed by atoms with E-state index in [1.807, 2.05) is 49.3 Å². The van der Waals surface area contributed by atoms with Gasteiger partial charge in [0.25, 0.3) is 0 Å². The van der Waals surface area contributed by atoms with Crippen LogP contribution in [0, 0.1) is 13.8 Å². The van der Waals surface area contributed by atoms with Crippen LogP contribution in [0.5, 0.6) is 28.7 Å². The molecule has 0 spiro atoms. The van der Waals surface area contributed by atoms with Crippen LogP contribution in [0.4, 0.5) is 0 Å². The van der Waals surface area contributed by atoms with Gasteiger partial charge in [0.2, 0.25) is 6.79 Å². The van der Waals surface area contributed by atoms with Crippen LogP contribution in [0.1, 0.15) is 74.9 Å². The fourth-order valence-electron chi connectivity index (χ4n) is 9.56. The van der Waals surface area contributed by atoms with Gasteiger partial charge in [-0.05, 0) is 55.7 Å². The number of ether oxygens (including phenoxy) is 5. The molecule has 3 aromatic carbocycles. The number of carbonyl (C=O) groups is 2. The summed E-state index contributed by atoms with van der Waals surface area (Å²) in [7, 11) is 1.53. The second kappa shape index (κ2) is 12.8. The van der Waals surface area contributed by atoms with Gasteiger partial charge >= 0.3 is 11.9 Å². The topological polar surface area (TPSA) is 164 Å². The Labute approximate surface area is 310 Å². The van der Waals surface area contributed by atoms with E-state index in [4.69, 9.17) is 23.7 Å². The Morgan fingerprint density at radius 1 is 1.09 bits per heavy atom. The number of thioether (sulfide) groups is 1. The lowest BCUT2D eigenvalue weighted by atomic mass is 9.74. The Morgan fingerprint density at radius 3 is 2.66 bits per heavy atom. The first kappa shape index (κ1) is 34.3. The highest BCUT2D eigenvalue weighted by molar-refractivity contribution is 7.98. The summed E-state index contributed by atoms with van der Waals surface area (Å²) in [5.74, 6) is 0.734. The summed E-state index contributed by atoms with van der Waals surface area (Å²) < 4.78 is 30.1. The van der Waals surface area contributed by atoms with Crippen molar-refractivity contribution in [1.82, 2.24) is 20.5 Å². The number of fused-ring (bicyclic) bond motifs is 12. The summed E-state index contributed by atoms with van der Waals surface area (Å²) in [5.41, 5.74) is 7.17. The zero-order valence-corrected chi connectivity index (χ0v) is 30.9. The monoisotopic (exact) mass is 742 g/mol. The van der Waals surface area contributed by atoms with Crippen LogP contribution < -0.4 is 29.6 Å². The second-order valence-corrected chi connectivity index (χ2v) is 15.4. The molecule has 0 saturated carbocycles. The lowest BCUT2D eigenvalue weighted by Gasteiger charge is -2.58. The van der Waals surface area contributed by atoms with Gasteiger partial charge in [0.15, 0.2) is 23.0 Å². The molecule has 9 rings (SSSR count). The number of hydrogen-bond acceptors (Lipinski definition) is 13. The average Bonchev–Trinajstić information content (AvgIpc) is 3.79. The number of piperazine rings is 1. The minimum Gasteiger partial charge on any atom is -0.504 e. The number of rotatable bonds is 6. The molecular formula is C39H42N4O9S. The molecule has 53 heavy (non-hydrogen) atoms. The minimum absolute atomic E-state index is 0.0445. The molecule has 1 aromatic heterocycles. The van der Waals surface area contributed by atoms with Gasteiger partial charge in [0.05, 0.1) is 30.5 Å². The van der Waals surface area contributed by atoms with Gasteiger partial charge in [-0.15, -0.1) is 0 Å². The molecule has 13 nitrogen and oxygen atoms in total. The summed E-state index contributed by atoms with van der Waals surface area (Å²) in [5, 5.41) is 31.8. The molecule has 1 saturated heterocycles. The zero-order valence-electron chi connectivity index (χ0n) is 30.1. The van der Waals surface area contributed by atoms with Gasteiger partial charge in [0.1, 0.15) is 24.6 Å². The fraction of sp³-hybridized carbons (Fsp3) is 0.436. The van der Waals surface area contributed by atoms with Gasteiger partial charge in [-0.25, -0.2) is 4.79 Å². The molecule has 5 aliphatic rings. The van der Waals surface area contributed by atoms with Crippen molar-refractivity contribution in [3.63, 3.8) is 0 Å². The number of benzene rings is 3. The highest BCUT2D eigenvalue weighted by Gasteiger charge is 2.58. The number of hydrogen-bond donors (Lipinski definition) is 5. The molecule has 5 aliphatic heterocycles. The number of aromatic nitrogens is 1. The standard InChI is InChI=1S/C39H42N4O9S/c1-16-12-19-13-23-38(46)43-24(14-49-39(47)30-28-21(10-11-40-30)20-8-6-7-9-22(20)41-28)26-27(34(52-18(3)44)17(2)35-36(26)51-15-50-35)37(53-5)31(43)29(42-23)25(19)32(45)33(16)48-4/h6-9,12,23-24,29-31,37-38,40-42,45-46H,10-11,13-15H2,1-5H3/t23-,24-,29+,30+,31?,37+,38-/m0/s1. The van der Waals surface area contributed by atoms with Crippen LogP contribution in [-0.2, 0) is 27.2 Å². The first-order chi connectivity index (χ1) is 25.6. The Kier molecular flexibility index (Phi) is 8.31. The maximum atomic E-state index is 14.2. The molecule has 6 heterocycles. The summed E-state index contributed by atoms with van der Waals surface area (Å²) >= 11 is 1.54. The Bertz CT molecular complexity index is 2190. The number of carbonyl (C=O) groups excluding carboxylic acids is 2. The van der Waals surface area contributed by atoms with Gasteiger partial charge in [-0.3, -0.25) is 15.0 Å². The minimum atomic E-state index is -1.04. The number of aromatic amines is 1. The largest absolute Gasteiger partial charge is 0.504 e. The van der Waals surface area contributed by atoms with Gasteiger partial charge in [0, 0.05) is 58.4 Å². The van der Waals surface area contributed by atoms with Crippen molar-refractivity contribution in [2.75, 3.05) is 33.3 Å². The van der Waals surface area contributed by atoms with Crippen LogP contribution in [0.15, 0.2) is 30.3 Å². The Balaban J connectivity index is 1.19. The van der Waals surface area contributed by atoms with Crippen LogP contribution in [0.3, 0.4) is 0 Å². The van der Waals surface area contributed by atoms with E-state index in [2.05, 4.69) is 21.7 Å². The zero-order chi connectivity index (χ0) is 36.9. The summed E-state index contributed by atoms with van der Waals surface area (Å²) in [6.07, 6.45) is 2.14. The third-order valence-electron chi connectivity index (χ3n) is 11.6. The van der Waals surface area contributed by atoms with E-state index < -0.39 is 53.6 Å². The number of nitrogens with one attached hydrogen (secondary N) is 3. The predicted molar refractivity (Wildman–Crippen MR) is 196 cm³/mol. The van der Waals surface area contributed by atoms with Crippen molar-refractivity contribution < 1.29 is 43.5 Å². The number of nitrogens with zero attached hydrogens (tertiary/aromatic N) is 1. The number of para-hydroxylation sites is 1. The van der Waals surface area contributed by atoms with Crippen LogP contribution >= 0.6 is 11.8 Å². The number of aliphatic hydroxyl groups is 1. The van der Waals surface area contributed by atoms with Crippen LogP contribution in [0.25, 0.3) is 10.9 Å². The SMILES string of the molecule is COc1c(C)cc2c(c1O)[C@H]1N[C@@H](C2)[C@H](O)N2C1[C@H](SC)c1c(OC(C)=O)c(C)c3c(c1[C@@H]2COC(=O)[C@@H]1NCCc2c1[nH]c1ccccc21)OCO3.